The van der Waals surface area contributed by atoms with E-state index >= 15 is 0 Å². The Kier molecular flexibility index (Phi) is 15.2. The van der Waals surface area contributed by atoms with Gasteiger partial charge in [-0.1, -0.05) is 62.8 Å². The third-order valence-electron chi connectivity index (χ3n) is 3.41. The molecule has 0 aliphatic carbocycles. The molecule has 0 amide bonds. The Hall–Kier alpha value is -1.05. The Morgan fingerprint density at radius 1 is 0.750 bits per heavy atom. The summed E-state index contributed by atoms with van der Waals surface area (Å²) in [4.78, 5) is 10.3. The minimum atomic E-state index is -0.663. The van der Waals surface area contributed by atoms with Crippen molar-refractivity contribution in [2.75, 3.05) is 0 Å². The highest BCUT2D eigenvalue weighted by Crippen LogP contribution is 2.11. The summed E-state index contributed by atoms with van der Waals surface area (Å²) in [5.41, 5.74) is 0. The lowest BCUT2D eigenvalue weighted by atomic mass is 10.1. The first-order valence-corrected chi connectivity index (χ1v) is 8.25. The van der Waals surface area contributed by atoms with Crippen LogP contribution < -0.4 is 0 Å². The van der Waals surface area contributed by atoms with E-state index < -0.39 is 5.97 Å². The number of hydrogen-bond donors (Lipinski definition) is 1. The van der Waals surface area contributed by atoms with Crippen molar-refractivity contribution in [1.82, 2.24) is 0 Å². The molecule has 0 aromatic rings. The second-order valence-electron chi connectivity index (χ2n) is 5.38. The Morgan fingerprint density at radius 3 is 1.85 bits per heavy atom. The highest BCUT2D eigenvalue weighted by atomic mass is 16.4. The summed E-state index contributed by atoms with van der Waals surface area (Å²) < 4.78 is 0. The summed E-state index contributed by atoms with van der Waals surface area (Å²) in [6.45, 7) is 2.07. The Morgan fingerprint density at radius 2 is 1.25 bits per heavy atom. The fraction of sp³-hybridized carbons (Fsp3) is 0.722. The summed E-state index contributed by atoms with van der Waals surface area (Å²) in [5.74, 6) is -0.663. The van der Waals surface area contributed by atoms with Crippen LogP contribution in [0.3, 0.4) is 0 Å². The molecular formula is C18H32O2. The van der Waals surface area contributed by atoms with E-state index in [2.05, 4.69) is 31.2 Å². The van der Waals surface area contributed by atoms with Gasteiger partial charge >= 0.3 is 5.97 Å². The molecule has 0 fully saturated rings. The zero-order valence-corrected chi connectivity index (χ0v) is 13.2. The maximum absolute atomic E-state index is 10.3. The second-order valence-corrected chi connectivity index (χ2v) is 5.38. The van der Waals surface area contributed by atoms with E-state index in [0.29, 0.717) is 6.42 Å². The van der Waals surface area contributed by atoms with Crippen LogP contribution in [0.25, 0.3) is 0 Å². The fourth-order valence-corrected chi connectivity index (χ4v) is 2.19. The van der Waals surface area contributed by atoms with Gasteiger partial charge in [0.1, 0.15) is 0 Å². The van der Waals surface area contributed by atoms with E-state index in [9.17, 15) is 4.79 Å². The molecule has 0 aromatic heterocycles. The molecule has 0 atom stereocenters. The number of hydrogen-bond acceptors (Lipinski definition) is 1. The number of aliphatic carboxylic acids is 1. The summed E-state index contributed by atoms with van der Waals surface area (Å²) in [7, 11) is 0. The van der Waals surface area contributed by atoms with Crippen molar-refractivity contribution in [3.63, 3.8) is 0 Å². The lowest BCUT2D eigenvalue weighted by Crippen LogP contribution is -1.93. The number of carboxylic acid groups (broad SMARTS) is 1. The van der Waals surface area contributed by atoms with Crippen molar-refractivity contribution >= 4 is 5.97 Å². The van der Waals surface area contributed by atoms with E-state index in [4.69, 9.17) is 5.11 Å². The highest BCUT2D eigenvalue weighted by molar-refractivity contribution is 5.66. The lowest BCUT2D eigenvalue weighted by Gasteiger charge is -2.00. The Bertz CT molecular complexity index is 267. The van der Waals surface area contributed by atoms with Crippen LogP contribution >= 0.6 is 0 Å². The number of carbonyl (C=O) groups is 1. The molecule has 0 heterocycles. The molecule has 1 N–H and O–H groups in total. The van der Waals surface area contributed by atoms with E-state index in [0.717, 1.165) is 19.3 Å². The summed E-state index contributed by atoms with van der Waals surface area (Å²) in [5, 5.41) is 8.51. The monoisotopic (exact) mass is 280 g/mol. The molecule has 0 unspecified atom stereocenters. The molecular weight excluding hydrogens is 248 g/mol. The molecule has 0 rings (SSSR count). The minimum absolute atomic E-state index is 0.334. The lowest BCUT2D eigenvalue weighted by molar-refractivity contribution is -0.137. The first-order chi connectivity index (χ1) is 9.77. The van der Waals surface area contributed by atoms with Gasteiger partial charge in [0.25, 0.3) is 0 Å². The van der Waals surface area contributed by atoms with Crippen molar-refractivity contribution in [1.29, 1.82) is 0 Å². The summed E-state index contributed by atoms with van der Waals surface area (Å²) in [6.07, 6.45) is 22.4. The third kappa shape index (κ3) is 16.9. The van der Waals surface area contributed by atoms with Gasteiger partial charge in [-0.2, -0.15) is 0 Å². The van der Waals surface area contributed by atoms with Gasteiger partial charge in [0.2, 0.25) is 0 Å². The van der Waals surface area contributed by atoms with Crippen molar-refractivity contribution in [2.45, 2.75) is 84.0 Å². The van der Waals surface area contributed by atoms with Gasteiger partial charge in [-0.15, -0.1) is 0 Å². The largest absolute Gasteiger partial charge is 0.481 e. The van der Waals surface area contributed by atoms with Gasteiger partial charge in [0, 0.05) is 6.42 Å². The van der Waals surface area contributed by atoms with Gasteiger partial charge < -0.3 is 5.11 Å². The minimum Gasteiger partial charge on any atom is -0.481 e. The van der Waals surface area contributed by atoms with Crippen LogP contribution in [0.5, 0.6) is 0 Å². The molecule has 2 nitrogen and oxygen atoms in total. The molecule has 116 valence electrons. The fourth-order valence-electron chi connectivity index (χ4n) is 2.19. The molecule has 0 aromatic carbocycles. The maximum Gasteiger partial charge on any atom is 0.303 e. The van der Waals surface area contributed by atoms with Crippen LogP contribution in [0.2, 0.25) is 0 Å². The summed E-state index contributed by atoms with van der Waals surface area (Å²) in [6, 6.07) is 0. The van der Waals surface area contributed by atoms with E-state index in [1.165, 1.54) is 51.4 Å². The molecule has 20 heavy (non-hydrogen) atoms. The third-order valence-corrected chi connectivity index (χ3v) is 3.41. The highest BCUT2D eigenvalue weighted by Gasteiger charge is 1.96. The van der Waals surface area contributed by atoms with Crippen molar-refractivity contribution in [3.05, 3.63) is 24.3 Å². The van der Waals surface area contributed by atoms with Gasteiger partial charge in [0.15, 0.2) is 0 Å². The molecule has 0 bridgehead atoms. The molecule has 0 radical (unpaired) electrons. The van der Waals surface area contributed by atoms with Crippen molar-refractivity contribution in [3.8, 4) is 0 Å². The van der Waals surface area contributed by atoms with Gasteiger partial charge in [-0.3, -0.25) is 4.79 Å². The number of carboxylic acids is 1. The summed E-state index contributed by atoms with van der Waals surface area (Å²) >= 11 is 0. The Balaban J connectivity index is 3.07. The van der Waals surface area contributed by atoms with Crippen LogP contribution in [0, 0.1) is 0 Å². The predicted octanol–water partition coefficient (Wildman–Crippen LogP) is 5.88. The van der Waals surface area contributed by atoms with Crippen LogP contribution in [0.4, 0.5) is 0 Å². The first kappa shape index (κ1) is 18.9. The van der Waals surface area contributed by atoms with Gasteiger partial charge in [-0.05, 0) is 39.0 Å². The predicted molar refractivity (Wildman–Crippen MR) is 87.0 cm³/mol. The maximum atomic E-state index is 10.3. The zero-order valence-electron chi connectivity index (χ0n) is 13.2. The number of allylic oxidation sites excluding steroid dienone is 4. The van der Waals surface area contributed by atoms with Gasteiger partial charge in [0.05, 0.1) is 0 Å². The molecule has 0 aliphatic rings. The van der Waals surface area contributed by atoms with Crippen LogP contribution in [0.1, 0.15) is 84.0 Å². The molecule has 2 heteroatoms. The van der Waals surface area contributed by atoms with E-state index in [1.807, 2.05) is 0 Å². The normalized spacial score (nSPS) is 11.7. The zero-order chi connectivity index (χ0) is 14.9. The molecule has 0 saturated heterocycles. The van der Waals surface area contributed by atoms with Crippen LogP contribution in [-0.4, -0.2) is 11.1 Å². The number of rotatable bonds is 14. The smallest absolute Gasteiger partial charge is 0.303 e. The van der Waals surface area contributed by atoms with E-state index in [1.54, 1.807) is 0 Å². The SMILES string of the molecule is CC=CCCC=CCCCCCCCCCCC(=O)O. The topological polar surface area (TPSA) is 37.3 Å². The standard InChI is InChI=1S/C18H32O2/c1-2-3-4-5-6-7-8-9-10-11-12-13-14-15-16-17-18(19)20/h2-3,6-7H,4-5,8-17H2,1H3,(H,19,20). The van der Waals surface area contributed by atoms with Gasteiger partial charge in [-0.25, -0.2) is 0 Å². The number of unbranched alkanes of at least 4 members (excludes halogenated alkanes) is 9. The molecule has 0 saturated carbocycles. The first-order valence-electron chi connectivity index (χ1n) is 8.25. The van der Waals surface area contributed by atoms with Crippen molar-refractivity contribution in [2.24, 2.45) is 0 Å². The Labute approximate surface area is 125 Å². The van der Waals surface area contributed by atoms with E-state index in [-0.39, 0.29) is 0 Å². The van der Waals surface area contributed by atoms with Crippen molar-refractivity contribution < 1.29 is 9.90 Å². The molecule has 0 spiro atoms. The average molecular weight is 280 g/mol. The average Bonchev–Trinajstić information content (AvgIpc) is 2.43. The quantitative estimate of drug-likeness (QED) is 0.318. The molecule has 0 aliphatic heterocycles. The van der Waals surface area contributed by atoms with Crippen LogP contribution in [-0.2, 0) is 4.79 Å². The second kappa shape index (κ2) is 16.0. The van der Waals surface area contributed by atoms with Crippen LogP contribution in [0.15, 0.2) is 24.3 Å².